The summed E-state index contributed by atoms with van der Waals surface area (Å²) >= 11 is 0. The van der Waals surface area contributed by atoms with Gasteiger partial charge in [0.05, 0.1) is 6.20 Å². The molecule has 0 atom stereocenters. The SMILES string of the molecule is Cc1cc(Oc2ncc(F)cc2F)ccc1N. The molecular formula is C12H10F2N2O. The molecule has 0 aliphatic rings. The van der Waals surface area contributed by atoms with Crippen molar-refractivity contribution in [3.63, 3.8) is 0 Å². The molecule has 0 saturated carbocycles. The summed E-state index contributed by atoms with van der Waals surface area (Å²) < 4.78 is 31.1. The van der Waals surface area contributed by atoms with E-state index in [1.807, 2.05) is 0 Å². The van der Waals surface area contributed by atoms with E-state index in [1.165, 1.54) is 0 Å². The number of hydrogen-bond donors (Lipinski definition) is 1. The van der Waals surface area contributed by atoms with E-state index in [1.54, 1.807) is 25.1 Å². The normalized spacial score (nSPS) is 10.3. The highest BCUT2D eigenvalue weighted by Crippen LogP contribution is 2.25. The third-order valence-electron chi connectivity index (χ3n) is 2.23. The summed E-state index contributed by atoms with van der Waals surface area (Å²) in [4.78, 5) is 3.52. The molecule has 1 aromatic heterocycles. The fourth-order valence-electron chi connectivity index (χ4n) is 1.30. The summed E-state index contributed by atoms with van der Waals surface area (Å²) in [6.45, 7) is 1.80. The highest BCUT2D eigenvalue weighted by atomic mass is 19.1. The van der Waals surface area contributed by atoms with Crippen LogP contribution in [0.5, 0.6) is 11.6 Å². The van der Waals surface area contributed by atoms with Crippen LogP contribution in [0.2, 0.25) is 0 Å². The Labute approximate surface area is 96.9 Å². The lowest BCUT2D eigenvalue weighted by Gasteiger charge is -2.07. The van der Waals surface area contributed by atoms with Crippen LogP contribution in [0, 0.1) is 18.6 Å². The van der Waals surface area contributed by atoms with Gasteiger partial charge >= 0.3 is 0 Å². The molecule has 1 heterocycles. The standard InChI is InChI=1S/C12H10F2N2O/c1-7-4-9(2-3-11(7)15)17-12-10(14)5-8(13)6-16-12/h2-6H,15H2,1H3. The van der Waals surface area contributed by atoms with Crippen molar-refractivity contribution in [1.82, 2.24) is 4.98 Å². The van der Waals surface area contributed by atoms with Gasteiger partial charge in [0, 0.05) is 11.8 Å². The predicted octanol–water partition coefficient (Wildman–Crippen LogP) is 3.04. The van der Waals surface area contributed by atoms with Crippen LogP contribution in [-0.2, 0) is 0 Å². The van der Waals surface area contributed by atoms with Crippen LogP contribution in [0.15, 0.2) is 30.5 Å². The van der Waals surface area contributed by atoms with Crippen molar-refractivity contribution in [3.05, 3.63) is 47.7 Å². The first-order valence-electron chi connectivity index (χ1n) is 4.91. The molecule has 3 nitrogen and oxygen atoms in total. The molecule has 2 N–H and O–H groups in total. The highest BCUT2D eigenvalue weighted by Gasteiger charge is 2.08. The van der Waals surface area contributed by atoms with Gasteiger partial charge in [-0.25, -0.2) is 13.8 Å². The van der Waals surface area contributed by atoms with Crippen molar-refractivity contribution in [2.45, 2.75) is 6.92 Å². The Bertz CT molecular complexity index is 558. The Morgan fingerprint density at radius 3 is 2.65 bits per heavy atom. The van der Waals surface area contributed by atoms with E-state index >= 15 is 0 Å². The van der Waals surface area contributed by atoms with E-state index in [-0.39, 0.29) is 5.88 Å². The van der Waals surface area contributed by atoms with E-state index < -0.39 is 11.6 Å². The number of hydrogen-bond acceptors (Lipinski definition) is 3. The van der Waals surface area contributed by atoms with Crippen molar-refractivity contribution >= 4 is 5.69 Å². The van der Waals surface area contributed by atoms with Gasteiger partial charge in [-0.1, -0.05) is 0 Å². The number of aromatic nitrogens is 1. The average Bonchev–Trinajstić information content (AvgIpc) is 2.27. The number of ether oxygens (including phenoxy) is 1. The molecule has 0 aliphatic heterocycles. The summed E-state index contributed by atoms with van der Waals surface area (Å²) in [5.41, 5.74) is 7.06. The molecule has 0 amide bonds. The van der Waals surface area contributed by atoms with Gasteiger partial charge in [-0.2, -0.15) is 0 Å². The van der Waals surface area contributed by atoms with E-state index in [0.717, 1.165) is 11.8 Å². The van der Waals surface area contributed by atoms with Crippen LogP contribution in [0.4, 0.5) is 14.5 Å². The maximum Gasteiger partial charge on any atom is 0.256 e. The highest BCUT2D eigenvalue weighted by molar-refractivity contribution is 5.50. The monoisotopic (exact) mass is 236 g/mol. The zero-order chi connectivity index (χ0) is 12.4. The molecule has 5 heteroatoms. The molecule has 0 saturated heterocycles. The molecule has 2 rings (SSSR count). The largest absolute Gasteiger partial charge is 0.436 e. The molecule has 0 spiro atoms. The molecular weight excluding hydrogens is 226 g/mol. The second-order valence-electron chi connectivity index (χ2n) is 3.56. The van der Waals surface area contributed by atoms with Gasteiger partial charge in [0.2, 0.25) is 0 Å². The quantitative estimate of drug-likeness (QED) is 0.815. The van der Waals surface area contributed by atoms with Crippen molar-refractivity contribution in [2.75, 3.05) is 5.73 Å². The lowest BCUT2D eigenvalue weighted by atomic mass is 10.2. The summed E-state index contributed by atoms with van der Waals surface area (Å²) in [7, 11) is 0. The molecule has 0 fully saturated rings. The third-order valence-corrected chi connectivity index (χ3v) is 2.23. The molecule has 17 heavy (non-hydrogen) atoms. The summed E-state index contributed by atoms with van der Waals surface area (Å²) in [6.07, 6.45) is 0.891. The molecule has 0 unspecified atom stereocenters. The Hall–Kier alpha value is -2.17. The number of benzene rings is 1. The molecule has 88 valence electrons. The van der Waals surface area contributed by atoms with Gasteiger partial charge in [0.25, 0.3) is 5.88 Å². The number of nitrogens with zero attached hydrogens (tertiary/aromatic N) is 1. The number of nitrogen functional groups attached to an aromatic ring is 1. The zero-order valence-corrected chi connectivity index (χ0v) is 9.08. The maximum atomic E-state index is 13.3. The number of aryl methyl sites for hydroxylation is 1. The molecule has 0 radical (unpaired) electrons. The van der Waals surface area contributed by atoms with Crippen LogP contribution < -0.4 is 10.5 Å². The molecule has 0 aliphatic carbocycles. The number of pyridine rings is 1. The Morgan fingerprint density at radius 1 is 1.24 bits per heavy atom. The van der Waals surface area contributed by atoms with E-state index in [0.29, 0.717) is 17.5 Å². The minimum absolute atomic E-state index is 0.268. The number of rotatable bonds is 2. The molecule has 1 aromatic carbocycles. The first-order valence-corrected chi connectivity index (χ1v) is 4.91. The fourth-order valence-corrected chi connectivity index (χ4v) is 1.30. The van der Waals surface area contributed by atoms with Crippen LogP contribution in [0.3, 0.4) is 0 Å². The number of nitrogens with two attached hydrogens (primary N) is 1. The van der Waals surface area contributed by atoms with Crippen LogP contribution in [0.25, 0.3) is 0 Å². The Morgan fingerprint density at radius 2 is 2.00 bits per heavy atom. The molecule has 0 bridgehead atoms. The maximum absolute atomic E-state index is 13.3. The number of anilines is 1. The molecule has 2 aromatic rings. The minimum atomic E-state index is -0.848. The summed E-state index contributed by atoms with van der Waals surface area (Å²) in [5, 5.41) is 0. The number of halogens is 2. The lowest BCUT2D eigenvalue weighted by Crippen LogP contribution is -1.95. The average molecular weight is 236 g/mol. The van der Waals surface area contributed by atoms with Crippen LogP contribution in [0.1, 0.15) is 5.56 Å². The fraction of sp³-hybridized carbons (Fsp3) is 0.0833. The summed E-state index contributed by atoms with van der Waals surface area (Å²) in [6, 6.07) is 5.60. The van der Waals surface area contributed by atoms with Crippen LogP contribution >= 0.6 is 0 Å². The van der Waals surface area contributed by atoms with Gasteiger partial charge in [-0.3, -0.25) is 0 Å². The summed E-state index contributed by atoms with van der Waals surface area (Å²) in [5.74, 6) is -1.46. The van der Waals surface area contributed by atoms with Gasteiger partial charge in [-0.15, -0.1) is 0 Å². The predicted molar refractivity (Wildman–Crippen MR) is 59.8 cm³/mol. The van der Waals surface area contributed by atoms with E-state index in [2.05, 4.69) is 4.98 Å². The van der Waals surface area contributed by atoms with E-state index in [4.69, 9.17) is 10.5 Å². The first kappa shape index (κ1) is 11.3. The van der Waals surface area contributed by atoms with Crippen molar-refractivity contribution in [1.29, 1.82) is 0 Å². The van der Waals surface area contributed by atoms with Gasteiger partial charge in [-0.05, 0) is 30.7 Å². The van der Waals surface area contributed by atoms with Gasteiger partial charge < -0.3 is 10.5 Å². The third kappa shape index (κ3) is 2.50. The first-order chi connectivity index (χ1) is 8.06. The van der Waals surface area contributed by atoms with Crippen molar-refractivity contribution in [3.8, 4) is 11.6 Å². The smallest absolute Gasteiger partial charge is 0.256 e. The van der Waals surface area contributed by atoms with Crippen molar-refractivity contribution in [2.24, 2.45) is 0 Å². The van der Waals surface area contributed by atoms with Gasteiger partial charge in [0.15, 0.2) is 5.82 Å². The van der Waals surface area contributed by atoms with E-state index in [9.17, 15) is 8.78 Å². The zero-order valence-electron chi connectivity index (χ0n) is 9.08. The van der Waals surface area contributed by atoms with Crippen LogP contribution in [-0.4, -0.2) is 4.98 Å². The lowest BCUT2D eigenvalue weighted by molar-refractivity contribution is 0.416. The minimum Gasteiger partial charge on any atom is -0.436 e. The topological polar surface area (TPSA) is 48.1 Å². The second-order valence-corrected chi connectivity index (χ2v) is 3.56. The Kier molecular flexibility index (Phi) is 2.91. The second kappa shape index (κ2) is 4.37. The van der Waals surface area contributed by atoms with Crippen molar-refractivity contribution < 1.29 is 13.5 Å². The van der Waals surface area contributed by atoms with Gasteiger partial charge in [0.1, 0.15) is 11.6 Å². The Balaban J connectivity index is 2.28.